The Labute approximate surface area is 288 Å². The van der Waals surface area contributed by atoms with Crippen LogP contribution in [0.15, 0.2) is 54.7 Å². The Morgan fingerprint density at radius 3 is 2.34 bits per heavy atom. The second kappa shape index (κ2) is 14.0. The Morgan fingerprint density at radius 2 is 1.72 bits per heavy atom. The van der Waals surface area contributed by atoms with E-state index in [-0.39, 0.29) is 51.8 Å². The summed E-state index contributed by atoms with van der Waals surface area (Å²) in [6, 6.07) is 12.3. The maximum Gasteiger partial charge on any atom is 0.416 e. The van der Waals surface area contributed by atoms with Crippen molar-refractivity contribution in [1.29, 1.82) is 0 Å². The van der Waals surface area contributed by atoms with E-state index in [2.05, 4.69) is 10.2 Å². The number of methoxy groups -OCH3 is 2. The predicted molar refractivity (Wildman–Crippen MR) is 177 cm³/mol. The maximum atomic E-state index is 17.7. The third-order valence-corrected chi connectivity index (χ3v) is 10.4. The van der Waals surface area contributed by atoms with Gasteiger partial charge >= 0.3 is 12.1 Å². The highest BCUT2D eigenvalue weighted by molar-refractivity contribution is 5.89. The number of ether oxygens (including phenoxy) is 2. The molecule has 0 unspecified atom stereocenters. The number of hydrogen-bond acceptors (Lipinski definition) is 8. The molecule has 1 N–H and O–H groups in total. The minimum absolute atomic E-state index is 0.0715. The average Bonchev–Trinajstić information content (AvgIpc) is 3.69. The first-order valence-electron chi connectivity index (χ1n) is 16.7. The average molecular weight is 700 g/mol. The molecule has 3 aliphatic rings. The molecule has 6 rings (SSSR count). The van der Waals surface area contributed by atoms with Gasteiger partial charge in [-0.05, 0) is 66.8 Å². The van der Waals surface area contributed by atoms with Gasteiger partial charge in [0.25, 0.3) is 5.91 Å². The van der Waals surface area contributed by atoms with E-state index < -0.39 is 47.0 Å². The van der Waals surface area contributed by atoms with Gasteiger partial charge in [-0.25, -0.2) is 4.39 Å². The van der Waals surface area contributed by atoms with Crippen LogP contribution >= 0.6 is 0 Å². The van der Waals surface area contributed by atoms with E-state index in [1.54, 1.807) is 46.3 Å². The van der Waals surface area contributed by atoms with Gasteiger partial charge in [0.15, 0.2) is 5.82 Å². The SMILES string of the molecule is COC[C@H]1CN(C(=O)[C@]2(F)CN(c3cc(C)cnn3)C[C@H]2c2ccc(OC)cc2)C[C@@H]1c1ccc(C(F)(F)F)cc1N1CCC(C(=O)O)CC1. The van der Waals surface area contributed by atoms with Crippen LogP contribution in [0.3, 0.4) is 0 Å². The molecule has 4 atom stereocenters. The quantitative estimate of drug-likeness (QED) is 0.297. The summed E-state index contributed by atoms with van der Waals surface area (Å²) in [7, 11) is 3.05. The van der Waals surface area contributed by atoms with Crippen molar-refractivity contribution in [2.24, 2.45) is 11.8 Å². The van der Waals surface area contributed by atoms with Crippen LogP contribution < -0.4 is 14.5 Å². The smallest absolute Gasteiger partial charge is 0.416 e. The van der Waals surface area contributed by atoms with Crippen LogP contribution in [-0.2, 0) is 20.5 Å². The lowest BCUT2D eigenvalue weighted by atomic mass is 9.85. The number of carboxylic acids is 1. The Balaban J connectivity index is 1.34. The number of amides is 1. The van der Waals surface area contributed by atoms with Crippen molar-refractivity contribution in [3.8, 4) is 5.75 Å². The van der Waals surface area contributed by atoms with Crippen molar-refractivity contribution in [3.05, 3.63) is 77.0 Å². The van der Waals surface area contributed by atoms with Crippen LogP contribution in [0.2, 0.25) is 0 Å². The predicted octanol–water partition coefficient (Wildman–Crippen LogP) is 5.31. The zero-order valence-corrected chi connectivity index (χ0v) is 28.2. The molecule has 3 aliphatic heterocycles. The van der Waals surface area contributed by atoms with Gasteiger partial charge in [0, 0.05) is 63.3 Å². The fourth-order valence-corrected chi connectivity index (χ4v) is 7.73. The molecule has 0 bridgehead atoms. The van der Waals surface area contributed by atoms with Gasteiger partial charge in [0.05, 0.1) is 37.9 Å². The second-order valence-electron chi connectivity index (χ2n) is 13.6. The molecule has 0 radical (unpaired) electrons. The third kappa shape index (κ3) is 6.94. The van der Waals surface area contributed by atoms with Crippen molar-refractivity contribution < 1.29 is 41.7 Å². The van der Waals surface area contributed by atoms with Gasteiger partial charge in [-0.15, -0.1) is 5.10 Å². The van der Waals surface area contributed by atoms with E-state index in [0.29, 0.717) is 41.2 Å². The van der Waals surface area contributed by atoms with E-state index in [0.717, 1.165) is 17.7 Å². The number of halogens is 4. The lowest BCUT2D eigenvalue weighted by Gasteiger charge is -2.35. The number of carboxylic acid groups (broad SMARTS) is 1. The third-order valence-electron chi connectivity index (χ3n) is 10.4. The molecule has 1 aromatic heterocycles. The number of rotatable bonds is 9. The summed E-state index contributed by atoms with van der Waals surface area (Å²) in [5.74, 6) is -2.82. The summed E-state index contributed by atoms with van der Waals surface area (Å²) in [6.07, 6.45) is -2.41. The van der Waals surface area contributed by atoms with Gasteiger partial charge in [-0.3, -0.25) is 9.59 Å². The monoisotopic (exact) mass is 699 g/mol. The number of carbonyl (C=O) groups excluding carboxylic acids is 1. The summed E-state index contributed by atoms with van der Waals surface area (Å²) in [4.78, 5) is 31.1. The lowest BCUT2D eigenvalue weighted by Crippen LogP contribution is -2.50. The highest BCUT2D eigenvalue weighted by Gasteiger charge is 2.57. The van der Waals surface area contributed by atoms with Gasteiger partial charge in [0.1, 0.15) is 5.75 Å². The molecule has 50 heavy (non-hydrogen) atoms. The number of aromatic nitrogens is 2. The van der Waals surface area contributed by atoms with Crippen LogP contribution in [0.5, 0.6) is 5.75 Å². The number of anilines is 2. The first kappa shape index (κ1) is 35.4. The molecule has 3 aromatic rings. The molecule has 10 nitrogen and oxygen atoms in total. The first-order chi connectivity index (χ1) is 23.8. The molecule has 3 saturated heterocycles. The van der Waals surface area contributed by atoms with Crippen molar-refractivity contribution >= 4 is 23.4 Å². The number of carbonyl (C=O) groups is 2. The Bertz CT molecular complexity index is 1700. The summed E-state index contributed by atoms with van der Waals surface area (Å²) in [6.45, 7) is 2.71. The van der Waals surface area contributed by atoms with E-state index in [1.807, 2.05) is 6.92 Å². The molecule has 0 aliphatic carbocycles. The van der Waals surface area contributed by atoms with E-state index in [4.69, 9.17) is 9.47 Å². The van der Waals surface area contributed by atoms with Crippen molar-refractivity contribution in [1.82, 2.24) is 15.1 Å². The normalized spacial score (nSPS) is 24.5. The first-order valence-corrected chi connectivity index (χ1v) is 16.7. The largest absolute Gasteiger partial charge is 0.497 e. The van der Waals surface area contributed by atoms with Crippen molar-refractivity contribution in [2.45, 2.75) is 43.4 Å². The molecule has 2 aromatic carbocycles. The summed E-state index contributed by atoms with van der Waals surface area (Å²) in [5.41, 5.74) is -0.797. The Hall–Kier alpha value is -4.46. The molecule has 0 spiro atoms. The molecule has 4 heterocycles. The van der Waals surface area contributed by atoms with Crippen molar-refractivity contribution in [2.75, 3.05) is 69.9 Å². The number of likely N-dealkylation sites (tertiary alicyclic amines) is 1. The fourth-order valence-electron chi connectivity index (χ4n) is 7.73. The fraction of sp³-hybridized carbons (Fsp3) is 0.500. The minimum atomic E-state index is -4.59. The second-order valence-corrected chi connectivity index (χ2v) is 13.6. The van der Waals surface area contributed by atoms with Gasteiger partial charge in [-0.1, -0.05) is 18.2 Å². The minimum Gasteiger partial charge on any atom is -0.497 e. The Morgan fingerprint density at radius 1 is 1.00 bits per heavy atom. The zero-order valence-electron chi connectivity index (χ0n) is 28.2. The van der Waals surface area contributed by atoms with Crippen LogP contribution in [0.4, 0.5) is 29.1 Å². The molecular formula is C36H41F4N5O5. The van der Waals surface area contributed by atoms with E-state index >= 15 is 4.39 Å². The number of alkyl halides is 4. The van der Waals surface area contributed by atoms with Crippen LogP contribution in [0.25, 0.3) is 0 Å². The van der Waals surface area contributed by atoms with Crippen LogP contribution in [0.1, 0.15) is 46.9 Å². The van der Waals surface area contributed by atoms with Gasteiger partial charge in [0.2, 0.25) is 5.67 Å². The van der Waals surface area contributed by atoms with Crippen LogP contribution in [0, 0.1) is 18.8 Å². The summed E-state index contributed by atoms with van der Waals surface area (Å²) < 4.78 is 70.4. The van der Waals surface area contributed by atoms with E-state index in [1.165, 1.54) is 25.2 Å². The van der Waals surface area contributed by atoms with Crippen molar-refractivity contribution in [3.63, 3.8) is 0 Å². The zero-order chi connectivity index (χ0) is 35.8. The van der Waals surface area contributed by atoms with Gasteiger partial charge in [-0.2, -0.15) is 18.3 Å². The maximum absolute atomic E-state index is 17.7. The molecule has 268 valence electrons. The Kier molecular flexibility index (Phi) is 9.93. The molecule has 14 heteroatoms. The number of piperidine rings is 1. The molecule has 1 amide bonds. The van der Waals surface area contributed by atoms with E-state index in [9.17, 15) is 27.9 Å². The summed E-state index contributed by atoms with van der Waals surface area (Å²) >= 11 is 0. The molecule has 0 saturated carbocycles. The number of aryl methyl sites for hydroxylation is 1. The van der Waals surface area contributed by atoms with Gasteiger partial charge < -0.3 is 29.3 Å². The molecule has 3 fully saturated rings. The highest BCUT2D eigenvalue weighted by atomic mass is 19.4. The standard InChI is InChI=1S/C36H41F4N5O5/c1-22-14-32(42-41-16-22)45-19-30(23-4-7-27(50-3)8-5-23)35(37,21-45)34(48)44-17-25(20-49-2)29(18-44)28-9-6-26(36(38,39)40)15-31(28)43-12-10-24(11-13-43)33(46)47/h4-9,14-16,24-25,29-30H,10-13,17-21H2,1-3H3,(H,46,47)/t25-,29+,30+,35+/m1/s1. The number of benzene rings is 2. The number of hydrogen-bond donors (Lipinski definition) is 1. The topological polar surface area (TPSA) is 108 Å². The summed E-state index contributed by atoms with van der Waals surface area (Å²) in [5, 5.41) is 17.7. The lowest BCUT2D eigenvalue weighted by molar-refractivity contribution is -0.143. The number of aliphatic carboxylic acids is 1. The number of nitrogens with zero attached hydrogens (tertiary/aromatic N) is 5. The molecular weight excluding hydrogens is 658 g/mol. The highest BCUT2D eigenvalue weighted by Crippen LogP contribution is 2.46. The van der Waals surface area contributed by atoms with Crippen LogP contribution in [-0.4, -0.2) is 97.8 Å².